The van der Waals surface area contributed by atoms with Gasteiger partial charge in [-0.15, -0.1) is 0 Å². The fourth-order valence-electron chi connectivity index (χ4n) is 2.29. The largest absolute Gasteiger partial charge is 0.341 e. The third kappa shape index (κ3) is 5.39. The van der Waals surface area contributed by atoms with Crippen LogP contribution < -0.4 is 5.84 Å². The summed E-state index contributed by atoms with van der Waals surface area (Å²) in [7, 11) is 0. The first-order chi connectivity index (χ1) is 11.1. The Morgan fingerprint density at radius 1 is 1.39 bits per heavy atom. The molecular weight excluding hydrogens is 301 g/mol. The maximum atomic E-state index is 13.6. The summed E-state index contributed by atoms with van der Waals surface area (Å²) < 4.78 is 13.6. The van der Waals surface area contributed by atoms with Crippen LogP contribution in [0.25, 0.3) is 0 Å². The summed E-state index contributed by atoms with van der Waals surface area (Å²) in [6.45, 7) is 4.42. The zero-order valence-electron chi connectivity index (χ0n) is 13.4. The summed E-state index contributed by atoms with van der Waals surface area (Å²) in [5.74, 6) is 4.66. The fourth-order valence-corrected chi connectivity index (χ4v) is 2.29. The standard InChI is InChI=1S/C15H22FN5O2/c1-3-11-9-12(5-6-13(11)16)14(19-20-17)10-15(22)21(4-2)8-7-18-23/h5-6,9,14H,3-4,7-8,10H2,1-2H3,(H2,17,19). The van der Waals surface area contributed by atoms with Crippen molar-refractivity contribution < 1.29 is 9.18 Å². The van der Waals surface area contributed by atoms with Gasteiger partial charge < -0.3 is 10.7 Å². The van der Waals surface area contributed by atoms with Crippen molar-refractivity contribution in [3.63, 3.8) is 0 Å². The van der Waals surface area contributed by atoms with Crippen molar-refractivity contribution in [2.24, 2.45) is 21.4 Å². The van der Waals surface area contributed by atoms with Gasteiger partial charge in [0, 0.05) is 13.1 Å². The normalized spacial score (nSPS) is 12.3. The van der Waals surface area contributed by atoms with Crippen molar-refractivity contribution in [1.82, 2.24) is 4.90 Å². The number of benzene rings is 1. The lowest BCUT2D eigenvalue weighted by molar-refractivity contribution is -0.131. The van der Waals surface area contributed by atoms with Crippen LogP contribution in [0.15, 0.2) is 33.7 Å². The number of amides is 1. The molecule has 1 aromatic rings. The number of nitrogens with two attached hydrogens (primary N) is 1. The zero-order valence-corrected chi connectivity index (χ0v) is 13.4. The molecule has 0 aromatic heterocycles. The Labute approximate surface area is 134 Å². The van der Waals surface area contributed by atoms with Gasteiger partial charge in [0.25, 0.3) is 0 Å². The van der Waals surface area contributed by atoms with E-state index in [1.54, 1.807) is 12.1 Å². The molecule has 0 aliphatic carbocycles. The fraction of sp³-hybridized carbons (Fsp3) is 0.533. The number of rotatable bonds is 9. The highest BCUT2D eigenvalue weighted by Gasteiger charge is 2.20. The Bertz CT molecular complexity index is 565. The number of aryl methyl sites for hydroxylation is 1. The first-order valence-corrected chi connectivity index (χ1v) is 7.52. The Kier molecular flexibility index (Phi) is 7.79. The van der Waals surface area contributed by atoms with E-state index < -0.39 is 6.04 Å². The molecule has 0 spiro atoms. The highest BCUT2D eigenvalue weighted by atomic mass is 19.1. The molecule has 1 amide bonds. The van der Waals surface area contributed by atoms with E-state index in [-0.39, 0.29) is 31.2 Å². The van der Waals surface area contributed by atoms with Crippen LogP contribution in [0.2, 0.25) is 0 Å². The van der Waals surface area contributed by atoms with Crippen molar-refractivity contribution >= 4 is 5.91 Å². The van der Waals surface area contributed by atoms with Crippen molar-refractivity contribution in [1.29, 1.82) is 0 Å². The second kappa shape index (κ2) is 9.60. The third-order valence-electron chi connectivity index (χ3n) is 3.61. The smallest absolute Gasteiger partial charge is 0.225 e. The third-order valence-corrected chi connectivity index (χ3v) is 3.61. The predicted molar refractivity (Wildman–Crippen MR) is 85.1 cm³/mol. The number of carbonyl (C=O) groups excluding carboxylic acids is 1. The zero-order chi connectivity index (χ0) is 17.2. The molecule has 126 valence electrons. The minimum absolute atomic E-state index is 0.0409. The quantitative estimate of drug-likeness (QED) is 0.327. The SMILES string of the molecule is CCc1cc(C(CC(=O)N(CC)CCN=O)N=NN)ccc1F. The van der Waals surface area contributed by atoms with Gasteiger partial charge in [-0.05, 0) is 30.5 Å². The highest BCUT2D eigenvalue weighted by molar-refractivity contribution is 5.77. The monoisotopic (exact) mass is 323 g/mol. The Hall–Kier alpha value is -2.38. The van der Waals surface area contributed by atoms with E-state index in [0.29, 0.717) is 24.1 Å². The molecule has 0 radical (unpaired) electrons. The Morgan fingerprint density at radius 2 is 2.13 bits per heavy atom. The predicted octanol–water partition coefficient (Wildman–Crippen LogP) is 2.76. The van der Waals surface area contributed by atoms with Gasteiger partial charge >= 0.3 is 0 Å². The van der Waals surface area contributed by atoms with E-state index in [2.05, 4.69) is 15.5 Å². The minimum atomic E-state index is -0.586. The second-order valence-electron chi connectivity index (χ2n) is 4.98. The van der Waals surface area contributed by atoms with Crippen LogP contribution in [0, 0.1) is 10.7 Å². The van der Waals surface area contributed by atoms with E-state index in [4.69, 9.17) is 5.84 Å². The van der Waals surface area contributed by atoms with Crippen LogP contribution >= 0.6 is 0 Å². The van der Waals surface area contributed by atoms with Gasteiger partial charge in [-0.25, -0.2) is 4.39 Å². The lowest BCUT2D eigenvalue weighted by Crippen LogP contribution is -2.33. The number of carbonyl (C=O) groups is 1. The van der Waals surface area contributed by atoms with E-state index in [1.165, 1.54) is 11.0 Å². The van der Waals surface area contributed by atoms with E-state index >= 15 is 0 Å². The van der Waals surface area contributed by atoms with Crippen molar-refractivity contribution in [3.05, 3.63) is 40.1 Å². The highest BCUT2D eigenvalue weighted by Crippen LogP contribution is 2.25. The molecule has 8 heteroatoms. The van der Waals surface area contributed by atoms with Gasteiger partial charge in [0.1, 0.15) is 11.9 Å². The molecule has 0 aliphatic rings. The maximum absolute atomic E-state index is 13.6. The van der Waals surface area contributed by atoms with Crippen molar-refractivity contribution in [2.75, 3.05) is 19.6 Å². The van der Waals surface area contributed by atoms with Gasteiger partial charge in [-0.1, -0.05) is 29.5 Å². The molecule has 0 bridgehead atoms. The van der Waals surface area contributed by atoms with Crippen molar-refractivity contribution in [3.8, 4) is 0 Å². The lowest BCUT2D eigenvalue weighted by Gasteiger charge is -2.21. The van der Waals surface area contributed by atoms with Gasteiger partial charge in [0.05, 0.1) is 13.0 Å². The number of likely N-dealkylation sites (N-methyl/N-ethyl adjacent to an activating group) is 1. The van der Waals surface area contributed by atoms with E-state index in [9.17, 15) is 14.1 Å². The van der Waals surface area contributed by atoms with E-state index in [1.807, 2.05) is 13.8 Å². The number of halogens is 1. The average molecular weight is 323 g/mol. The van der Waals surface area contributed by atoms with Crippen molar-refractivity contribution in [2.45, 2.75) is 32.7 Å². The number of nitrogens with zero attached hydrogens (tertiary/aromatic N) is 4. The van der Waals surface area contributed by atoms with Crippen LogP contribution in [0.1, 0.15) is 37.4 Å². The summed E-state index contributed by atoms with van der Waals surface area (Å²) in [6, 6.07) is 4.01. The number of hydrogen-bond donors (Lipinski definition) is 1. The minimum Gasteiger partial charge on any atom is -0.341 e. The molecular formula is C15H22FN5O2. The Morgan fingerprint density at radius 3 is 2.70 bits per heavy atom. The molecule has 7 nitrogen and oxygen atoms in total. The van der Waals surface area contributed by atoms with Crippen LogP contribution in [0.4, 0.5) is 4.39 Å². The van der Waals surface area contributed by atoms with Crippen LogP contribution in [-0.4, -0.2) is 30.4 Å². The molecule has 0 aliphatic heterocycles. The maximum Gasteiger partial charge on any atom is 0.225 e. The number of hydrogen-bond acceptors (Lipinski definition) is 5. The molecule has 1 aromatic carbocycles. The first-order valence-electron chi connectivity index (χ1n) is 7.52. The topological polar surface area (TPSA) is 100 Å². The molecule has 0 saturated heterocycles. The van der Waals surface area contributed by atoms with E-state index in [0.717, 1.165) is 0 Å². The summed E-state index contributed by atoms with van der Waals surface area (Å²) >= 11 is 0. The summed E-state index contributed by atoms with van der Waals surface area (Å²) in [5, 5.41) is 9.93. The summed E-state index contributed by atoms with van der Waals surface area (Å²) in [4.78, 5) is 24.1. The van der Waals surface area contributed by atoms with Crippen LogP contribution in [0.3, 0.4) is 0 Å². The molecule has 2 N–H and O–H groups in total. The van der Waals surface area contributed by atoms with Gasteiger partial charge in [0.15, 0.2) is 0 Å². The first kappa shape index (κ1) is 18.7. The van der Waals surface area contributed by atoms with Crippen LogP contribution in [-0.2, 0) is 11.2 Å². The molecule has 1 rings (SSSR count). The second-order valence-corrected chi connectivity index (χ2v) is 4.98. The summed E-state index contributed by atoms with van der Waals surface area (Å²) in [5.41, 5.74) is 1.22. The Balaban J connectivity index is 2.94. The molecule has 1 unspecified atom stereocenters. The lowest BCUT2D eigenvalue weighted by atomic mass is 10.00. The summed E-state index contributed by atoms with van der Waals surface area (Å²) in [6.07, 6.45) is 0.578. The van der Waals surface area contributed by atoms with Gasteiger partial charge in [-0.3, -0.25) is 4.79 Å². The molecule has 1 atom stereocenters. The van der Waals surface area contributed by atoms with Crippen LogP contribution in [0.5, 0.6) is 0 Å². The number of nitroso groups, excluding NO2 is 1. The van der Waals surface area contributed by atoms with Gasteiger partial charge in [0.2, 0.25) is 5.91 Å². The molecule has 23 heavy (non-hydrogen) atoms. The molecule has 0 fully saturated rings. The van der Waals surface area contributed by atoms with Gasteiger partial charge in [-0.2, -0.15) is 10.0 Å². The molecule has 0 saturated carbocycles. The average Bonchev–Trinajstić information content (AvgIpc) is 2.55. The molecule has 0 heterocycles.